The lowest BCUT2D eigenvalue weighted by Crippen LogP contribution is -2.04. The van der Waals surface area contributed by atoms with Crippen molar-refractivity contribution in [2.75, 3.05) is 12.8 Å². The van der Waals surface area contributed by atoms with Gasteiger partial charge in [-0.1, -0.05) is 13.8 Å². The molecule has 0 saturated heterocycles. The first-order valence-corrected chi connectivity index (χ1v) is 5.25. The number of methoxy groups -OCH3 is 1. The Hall–Kier alpha value is -1.54. The summed E-state index contributed by atoms with van der Waals surface area (Å²) in [5.74, 6) is -0.362. The van der Waals surface area contributed by atoms with E-state index in [0.29, 0.717) is 21.0 Å². The van der Waals surface area contributed by atoms with Crippen molar-refractivity contribution in [3.63, 3.8) is 0 Å². The van der Waals surface area contributed by atoms with Crippen LogP contribution in [-0.2, 0) is 4.74 Å². The number of hydrogen-bond acceptors (Lipinski definition) is 5. The lowest BCUT2D eigenvalue weighted by atomic mass is 9.99. The van der Waals surface area contributed by atoms with E-state index in [1.54, 1.807) is 0 Å². The number of nitrogens with two attached hydrogens (primary N) is 1. The molecular weight excluding hydrogens is 212 g/mol. The average molecular weight is 224 g/mol. The maximum Gasteiger partial charge on any atom is 0.348 e. The number of nitrogens with zero attached hydrogens (tertiary/aromatic N) is 1. The highest BCUT2D eigenvalue weighted by molar-refractivity contribution is 7.18. The van der Waals surface area contributed by atoms with Crippen LogP contribution in [0.25, 0.3) is 0 Å². The number of carbonyl (C=O) groups excluding carboxylic acids is 1. The second-order valence-corrected chi connectivity index (χ2v) is 4.39. The number of hydrogen-bond donors (Lipinski definition) is 1. The molecule has 0 spiro atoms. The molecule has 1 aromatic heterocycles. The summed E-state index contributed by atoms with van der Waals surface area (Å²) in [6.07, 6.45) is 0. The lowest BCUT2D eigenvalue weighted by Gasteiger charge is -2.05. The van der Waals surface area contributed by atoms with Gasteiger partial charge in [0.1, 0.15) is 15.9 Å². The first kappa shape index (κ1) is 11.5. The summed E-state index contributed by atoms with van der Waals surface area (Å²) in [6, 6.07) is 2.02. The van der Waals surface area contributed by atoms with Gasteiger partial charge in [0.15, 0.2) is 0 Å². The van der Waals surface area contributed by atoms with Crippen LogP contribution < -0.4 is 5.73 Å². The Morgan fingerprint density at radius 3 is 2.60 bits per heavy atom. The van der Waals surface area contributed by atoms with Gasteiger partial charge in [-0.25, -0.2) is 4.79 Å². The Morgan fingerprint density at radius 1 is 1.60 bits per heavy atom. The van der Waals surface area contributed by atoms with Crippen molar-refractivity contribution < 1.29 is 9.53 Å². The molecular formula is C10H12N2O2S. The van der Waals surface area contributed by atoms with Crippen LogP contribution in [0.4, 0.5) is 5.00 Å². The van der Waals surface area contributed by atoms with Gasteiger partial charge >= 0.3 is 5.97 Å². The van der Waals surface area contributed by atoms with Crippen molar-refractivity contribution in [1.29, 1.82) is 5.26 Å². The summed E-state index contributed by atoms with van der Waals surface area (Å²) >= 11 is 1.11. The molecule has 1 aromatic rings. The maximum atomic E-state index is 11.4. The Bertz CT molecular complexity index is 429. The van der Waals surface area contributed by atoms with Gasteiger partial charge < -0.3 is 10.5 Å². The van der Waals surface area contributed by atoms with E-state index in [2.05, 4.69) is 4.74 Å². The highest BCUT2D eigenvalue weighted by Gasteiger charge is 2.23. The molecule has 0 aliphatic carbocycles. The molecule has 0 unspecified atom stereocenters. The van der Waals surface area contributed by atoms with E-state index in [-0.39, 0.29) is 5.92 Å². The second-order valence-electron chi connectivity index (χ2n) is 3.34. The van der Waals surface area contributed by atoms with Crippen LogP contribution >= 0.6 is 11.3 Å². The van der Waals surface area contributed by atoms with Gasteiger partial charge in [0.2, 0.25) is 0 Å². The van der Waals surface area contributed by atoms with E-state index in [9.17, 15) is 4.79 Å². The zero-order valence-electron chi connectivity index (χ0n) is 8.83. The zero-order chi connectivity index (χ0) is 11.6. The fraction of sp³-hybridized carbons (Fsp3) is 0.400. The largest absolute Gasteiger partial charge is 0.465 e. The third kappa shape index (κ3) is 1.95. The average Bonchev–Trinajstić information content (AvgIpc) is 2.53. The van der Waals surface area contributed by atoms with Crippen molar-refractivity contribution in [1.82, 2.24) is 0 Å². The highest BCUT2D eigenvalue weighted by atomic mass is 32.1. The Morgan fingerprint density at radius 2 is 2.20 bits per heavy atom. The molecule has 2 N–H and O–H groups in total. The van der Waals surface area contributed by atoms with Crippen LogP contribution in [0, 0.1) is 11.3 Å². The number of thiophene rings is 1. The van der Waals surface area contributed by atoms with Gasteiger partial charge in [0.25, 0.3) is 0 Å². The maximum absolute atomic E-state index is 11.4. The van der Waals surface area contributed by atoms with Crippen molar-refractivity contribution in [2.24, 2.45) is 0 Å². The topological polar surface area (TPSA) is 76.1 Å². The van der Waals surface area contributed by atoms with Crippen molar-refractivity contribution in [2.45, 2.75) is 19.8 Å². The Labute approximate surface area is 92.3 Å². The van der Waals surface area contributed by atoms with Gasteiger partial charge in [-0.2, -0.15) is 5.26 Å². The van der Waals surface area contributed by atoms with Crippen molar-refractivity contribution in [3.05, 3.63) is 16.0 Å². The van der Waals surface area contributed by atoms with Crippen molar-refractivity contribution >= 4 is 22.3 Å². The molecule has 1 heterocycles. The summed E-state index contributed by atoms with van der Waals surface area (Å²) in [6.45, 7) is 3.82. The van der Waals surface area contributed by atoms with E-state index in [1.165, 1.54) is 7.11 Å². The molecule has 4 nitrogen and oxygen atoms in total. The van der Waals surface area contributed by atoms with Crippen LogP contribution in [0.1, 0.15) is 40.6 Å². The molecule has 1 rings (SSSR count). The summed E-state index contributed by atoms with van der Waals surface area (Å²) in [5, 5.41) is 9.32. The minimum atomic E-state index is -0.433. The molecule has 0 saturated carbocycles. The van der Waals surface area contributed by atoms with Gasteiger partial charge in [-0.3, -0.25) is 0 Å². The molecule has 0 atom stereocenters. The fourth-order valence-electron chi connectivity index (χ4n) is 1.37. The molecule has 0 fully saturated rings. The predicted molar refractivity (Wildman–Crippen MR) is 58.9 cm³/mol. The third-order valence-corrected chi connectivity index (χ3v) is 3.05. The number of ether oxygens (including phenoxy) is 1. The second kappa shape index (κ2) is 4.32. The van der Waals surface area contributed by atoms with E-state index < -0.39 is 5.97 Å². The minimum absolute atomic E-state index is 0.0716. The predicted octanol–water partition coefficient (Wildman–Crippen LogP) is 2.11. The van der Waals surface area contributed by atoms with Crippen LogP contribution in [-0.4, -0.2) is 13.1 Å². The van der Waals surface area contributed by atoms with Crippen LogP contribution in [0.2, 0.25) is 0 Å². The Kier molecular flexibility index (Phi) is 3.32. The third-order valence-electron chi connectivity index (χ3n) is 2.03. The van der Waals surface area contributed by atoms with Crippen LogP contribution in [0.15, 0.2) is 0 Å². The fourth-order valence-corrected chi connectivity index (χ4v) is 2.46. The SMILES string of the molecule is COC(=O)c1sc(N)c(C#N)c1C(C)C. The summed E-state index contributed by atoms with van der Waals surface area (Å²) < 4.78 is 4.65. The number of carbonyl (C=O) groups is 1. The van der Waals surface area contributed by atoms with E-state index >= 15 is 0 Å². The molecule has 0 radical (unpaired) electrons. The summed E-state index contributed by atoms with van der Waals surface area (Å²) in [4.78, 5) is 11.9. The first-order chi connectivity index (χ1) is 7.02. The molecule has 5 heteroatoms. The summed E-state index contributed by atoms with van der Waals surface area (Å²) in [7, 11) is 1.31. The smallest absolute Gasteiger partial charge is 0.348 e. The molecule has 0 amide bonds. The van der Waals surface area contributed by atoms with E-state index in [0.717, 1.165) is 11.3 Å². The van der Waals surface area contributed by atoms with Gasteiger partial charge in [0.05, 0.1) is 12.7 Å². The molecule has 0 aliphatic heterocycles. The lowest BCUT2D eigenvalue weighted by molar-refractivity contribution is 0.0604. The van der Waals surface area contributed by atoms with Gasteiger partial charge in [-0.15, -0.1) is 11.3 Å². The molecule has 0 bridgehead atoms. The zero-order valence-corrected chi connectivity index (χ0v) is 9.64. The standard InChI is InChI=1S/C10H12N2O2S/c1-5(2)7-6(4-11)9(12)15-8(7)10(13)14-3/h5H,12H2,1-3H3. The quantitative estimate of drug-likeness (QED) is 0.780. The monoisotopic (exact) mass is 224 g/mol. The number of esters is 1. The highest BCUT2D eigenvalue weighted by Crippen LogP contribution is 2.35. The first-order valence-electron chi connectivity index (χ1n) is 4.43. The van der Waals surface area contributed by atoms with Crippen molar-refractivity contribution in [3.8, 4) is 6.07 Å². The molecule has 15 heavy (non-hydrogen) atoms. The number of nitrogen functional groups attached to an aromatic ring is 1. The molecule has 0 aromatic carbocycles. The van der Waals surface area contributed by atoms with Crippen LogP contribution in [0.5, 0.6) is 0 Å². The van der Waals surface area contributed by atoms with Crippen LogP contribution in [0.3, 0.4) is 0 Å². The number of nitriles is 1. The minimum Gasteiger partial charge on any atom is -0.465 e. The number of anilines is 1. The Balaban J connectivity index is 3.41. The van der Waals surface area contributed by atoms with E-state index in [1.807, 2.05) is 19.9 Å². The van der Waals surface area contributed by atoms with E-state index in [4.69, 9.17) is 11.0 Å². The van der Waals surface area contributed by atoms with Gasteiger partial charge in [-0.05, 0) is 5.92 Å². The number of rotatable bonds is 2. The molecule has 80 valence electrons. The summed E-state index contributed by atoms with van der Waals surface area (Å²) in [5.41, 5.74) is 6.76. The molecule has 0 aliphatic rings. The normalized spacial score (nSPS) is 10.1. The van der Waals surface area contributed by atoms with Gasteiger partial charge in [0, 0.05) is 5.56 Å².